The number of rotatable bonds is 5. The molecule has 2 unspecified atom stereocenters. The number of carboxylic acid groups (broad SMARTS) is 1. The number of carboxylic acids is 1. The van der Waals surface area contributed by atoms with Crippen LogP contribution >= 0.6 is 0 Å². The summed E-state index contributed by atoms with van der Waals surface area (Å²) in [5, 5.41) is 8.93. The first-order valence-electron chi connectivity index (χ1n) is 6.34. The van der Waals surface area contributed by atoms with E-state index in [4.69, 9.17) is 14.6 Å². The van der Waals surface area contributed by atoms with E-state index in [0.717, 1.165) is 6.07 Å². The van der Waals surface area contributed by atoms with Crippen LogP contribution < -0.4 is 0 Å². The first kappa shape index (κ1) is 14.9. The maximum Gasteiger partial charge on any atom is 0.335 e. The van der Waals surface area contributed by atoms with E-state index < -0.39 is 11.8 Å². The molecular formula is C14H18FNO4. The van der Waals surface area contributed by atoms with Crippen LogP contribution in [0.5, 0.6) is 0 Å². The van der Waals surface area contributed by atoms with Crippen molar-refractivity contribution in [3.63, 3.8) is 0 Å². The van der Waals surface area contributed by atoms with Crippen LogP contribution in [0.1, 0.15) is 15.9 Å². The monoisotopic (exact) mass is 283 g/mol. The topological polar surface area (TPSA) is 59.0 Å². The molecule has 0 amide bonds. The molecule has 6 heteroatoms. The van der Waals surface area contributed by atoms with Crippen LogP contribution in [0, 0.1) is 5.82 Å². The standard InChI is InChI=1S/C14H18FNO4/c1-19-12-7-16(8-13(12)20-2)6-9-3-10(14(17)18)5-11(15)4-9/h3-5,12-13H,6-8H2,1-2H3,(H,17,18). The molecule has 2 rings (SSSR count). The SMILES string of the molecule is COC1CN(Cc2cc(F)cc(C(=O)O)c2)CC1OC. The molecule has 1 heterocycles. The fraction of sp³-hybridized carbons (Fsp3) is 0.500. The first-order valence-corrected chi connectivity index (χ1v) is 6.34. The van der Waals surface area contributed by atoms with Gasteiger partial charge in [0.05, 0.1) is 17.8 Å². The summed E-state index contributed by atoms with van der Waals surface area (Å²) in [6, 6.07) is 3.87. The Balaban J connectivity index is 2.09. The molecule has 1 aliphatic rings. The van der Waals surface area contributed by atoms with Gasteiger partial charge in [-0.25, -0.2) is 9.18 Å². The number of aromatic carboxylic acids is 1. The van der Waals surface area contributed by atoms with Gasteiger partial charge in [0.25, 0.3) is 0 Å². The third-order valence-electron chi connectivity index (χ3n) is 3.51. The minimum Gasteiger partial charge on any atom is -0.478 e. The van der Waals surface area contributed by atoms with E-state index in [1.165, 1.54) is 12.1 Å². The summed E-state index contributed by atoms with van der Waals surface area (Å²) in [5.41, 5.74) is 0.597. The number of methoxy groups -OCH3 is 2. The maximum atomic E-state index is 13.4. The lowest BCUT2D eigenvalue weighted by Crippen LogP contribution is -2.27. The predicted molar refractivity (Wildman–Crippen MR) is 70.2 cm³/mol. The van der Waals surface area contributed by atoms with Gasteiger partial charge < -0.3 is 14.6 Å². The molecule has 20 heavy (non-hydrogen) atoms. The van der Waals surface area contributed by atoms with Crippen LogP contribution in [0.2, 0.25) is 0 Å². The van der Waals surface area contributed by atoms with Crippen LogP contribution in [-0.4, -0.2) is 55.5 Å². The van der Waals surface area contributed by atoms with E-state index in [1.807, 2.05) is 0 Å². The van der Waals surface area contributed by atoms with Crippen LogP contribution in [0.4, 0.5) is 4.39 Å². The molecule has 1 aliphatic heterocycles. The number of nitrogens with zero attached hydrogens (tertiary/aromatic N) is 1. The molecule has 0 aliphatic carbocycles. The van der Waals surface area contributed by atoms with Crippen molar-refractivity contribution < 1.29 is 23.8 Å². The van der Waals surface area contributed by atoms with Gasteiger partial charge >= 0.3 is 5.97 Å². The van der Waals surface area contributed by atoms with Gasteiger partial charge in [-0.15, -0.1) is 0 Å². The van der Waals surface area contributed by atoms with Gasteiger partial charge in [-0.1, -0.05) is 0 Å². The molecule has 0 radical (unpaired) electrons. The van der Waals surface area contributed by atoms with Crippen molar-refractivity contribution in [1.82, 2.24) is 4.90 Å². The molecule has 1 aromatic carbocycles. The Morgan fingerprint density at radius 3 is 2.40 bits per heavy atom. The average molecular weight is 283 g/mol. The van der Waals surface area contributed by atoms with Crippen molar-refractivity contribution in [2.24, 2.45) is 0 Å². The zero-order valence-electron chi connectivity index (χ0n) is 11.5. The highest BCUT2D eigenvalue weighted by Gasteiger charge is 2.32. The third kappa shape index (κ3) is 3.33. The number of ether oxygens (including phenoxy) is 2. The number of likely N-dealkylation sites (tertiary alicyclic amines) is 1. The predicted octanol–water partition coefficient (Wildman–Crippen LogP) is 1.37. The Labute approximate surface area is 116 Å². The Hall–Kier alpha value is -1.50. The maximum absolute atomic E-state index is 13.4. The van der Waals surface area contributed by atoms with Gasteiger partial charge in [-0.2, -0.15) is 0 Å². The van der Waals surface area contributed by atoms with Crippen molar-refractivity contribution in [1.29, 1.82) is 0 Å². The highest BCUT2D eigenvalue weighted by atomic mass is 19.1. The normalized spacial score (nSPS) is 23.1. The second kappa shape index (κ2) is 6.30. The summed E-state index contributed by atoms with van der Waals surface area (Å²) in [6.07, 6.45) is -0.0417. The van der Waals surface area contributed by atoms with Crippen molar-refractivity contribution in [2.45, 2.75) is 18.8 Å². The largest absolute Gasteiger partial charge is 0.478 e. The Morgan fingerprint density at radius 2 is 1.90 bits per heavy atom. The van der Waals surface area contributed by atoms with Gasteiger partial charge in [-0.05, 0) is 23.8 Å². The van der Waals surface area contributed by atoms with E-state index in [-0.39, 0.29) is 17.8 Å². The molecule has 110 valence electrons. The molecule has 5 nitrogen and oxygen atoms in total. The number of hydrogen-bond donors (Lipinski definition) is 1. The summed E-state index contributed by atoms with van der Waals surface area (Å²) >= 11 is 0. The van der Waals surface area contributed by atoms with Gasteiger partial charge in [-0.3, -0.25) is 4.90 Å². The first-order chi connectivity index (χ1) is 9.53. The number of benzene rings is 1. The molecule has 0 spiro atoms. The highest BCUT2D eigenvalue weighted by molar-refractivity contribution is 5.87. The van der Waals surface area contributed by atoms with Gasteiger partial charge in [0.15, 0.2) is 0 Å². The van der Waals surface area contributed by atoms with Gasteiger partial charge in [0, 0.05) is 33.9 Å². The van der Waals surface area contributed by atoms with Gasteiger partial charge in [0.1, 0.15) is 5.82 Å². The van der Waals surface area contributed by atoms with Crippen LogP contribution in [0.3, 0.4) is 0 Å². The molecular weight excluding hydrogens is 265 g/mol. The van der Waals surface area contributed by atoms with Crippen LogP contribution in [0.15, 0.2) is 18.2 Å². The van der Waals surface area contributed by atoms with Crippen molar-refractivity contribution in [2.75, 3.05) is 27.3 Å². The molecule has 1 N–H and O–H groups in total. The molecule has 0 aromatic heterocycles. The Morgan fingerprint density at radius 1 is 1.30 bits per heavy atom. The summed E-state index contributed by atoms with van der Waals surface area (Å²) < 4.78 is 24.1. The van der Waals surface area contributed by atoms with Crippen molar-refractivity contribution >= 4 is 5.97 Å². The molecule has 2 atom stereocenters. The lowest BCUT2D eigenvalue weighted by atomic mass is 10.1. The van der Waals surface area contributed by atoms with E-state index in [1.54, 1.807) is 14.2 Å². The minimum atomic E-state index is -1.13. The summed E-state index contributed by atoms with van der Waals surface area (Å²) in [6.45, 7) is 1.82. The van der Waals surface area contributed by atoms with E-state index in [0.29, 0.717) is 25.2 Å². The fourth-order valence-corrected chi connectivity index (χ4v) is 2.52. The van der Waals surface area contributed by atoms with E-state index in [2.05, 4.69) is 4.90 Å². The second-order valence-electron chi connectivity index (χ2n) is 4.90. The summed E-state index contributed by atoms with van der Waals surface area (Å²) in [4.78, 5) is 13.0. The molecule has 0 bridgehead atoms. The lowest BCUT2D eigenvalue weighted by Gasteiger charge is -2.15. The fourth-order valence-electron chi connectivity index (χ4n) is 2.52. The summed E-state index contributed by atoms with van der Waals surface area (Å²) in [7, 11) is 3.26. The number of hydrogen-bond acceptors (Lipinski definition) is 4. The third-order valence-corrected chi connectivity index (χ3v) is 3.51. The van der Waals surface area contributed by atoms with Crippen molar-refractivity contribution in [3.8, 4) is 0 Å². The minimum absolute atomic E-state index is 0.0208. The quantitative estimate of drug-likeness (QED) is 0.884. The van der Waals surface area contributed by atoms with E-state index >= 15 is 0 Å². The average Bonchev–Trinajstić information content (AvgIpc) is 2.80. The molecule has 0 saturated carbocycles. The Kier molecular flexibility index (Phi) is 4.69. The van der Waals surface area contributed by atoms with Crippen LogP contribution in [-0.2, 0) is 16.0 Å². The Bertz CT molecular complexity index is 482. The zero-order chi connectivity index (χ0) is 14.7. The zero-order valence-corrected chi connectivity index (χ0v) is 11.5. The van der Waals surface area contributed by atoms with E-state index in [9.17, 15) is 9.18 Å². The highest BCUT2D eigenvalue weighted by Crippen LogP contribution is 2.19. The second-order valence-corrected chi connectivity index (χ2v) is 4.90. The molecule has 1 fully saturated rings. The number of halogens is 1. The summed E-state index contributed by atoms with van der Waals surface area (Å²) in [5.74, 6) is -1.66. The van der Waals surface area contributed by atoms with Crippen molar-refractivity contribution in [3.05, 3.63) is 35.1 Å². The number of carbonyl (C=O) groups is 1. The molecule has 1 saturated heterocycles. The smallest absolute Gasteiger partial charge is 0.335 e. The molecule has 1 aromatic rings. The van der Waals surface area contributed by atoms with Gasteiger partial charge in [0.2, 0.25) is 0 Å². The lowest BCUT2D eigenvalue weighted by molar-refractivity contribution is -0.00461. The van der Waals surface area contributed by atoms with Crippen LogP contribution in [0.25, 0.3) is 0 Å².